The highest BCUT2D eigenvalue weighted by atomic mass is 19.1. The first kappa shape index (κ1) is 19.4. The van der Waals surface area contributed by atoms with Gasteiger partial charge in [0.2, 0.25) is 0 Å². The van der Waals surface area contributed by atoms with E-state index >= 15 is 0 Å². The number of amides is 3. The number of hydrogen-bond acceptors (Lipinski definition) is 4. The van der Waals surface area contributed by atoms with Gasteiger partial charge in [0.25, 0.3) is 5.91 Å². The fourth-order valence-electron chi connectivity index (χ4n) is 3.03. The molecule has 146 valence electrons. The van der Waals surface area contributed by atoms with Crippen LogP contribution >= 0.6 is 0 Å². The van der Waals surface area contributed by atoms with E-state index in [1.54, 1.807) is 0 Å². The van der Waals surface area contributed by atoms with Crippen molar-refractivity contribution in [2.24, 2.45) is 0 Å². The second-order valence-corrected chi connectivity index (χ2v) is 6.34. The summed E-state index contributed by atoms with van der Waals surface area (Å²) in [5, 5.41) is 2.28. The summed E-state index contributed by atoms with van der Waals surface area (Å²) >= 11 is 0. The number of nitrogens with one attached hydrogen (secondary N) is 1. The van der Waals surface area contributed by atoms with Crippen LogP contribution < -0.4 is 10.1 Å². The molecule has 9 heteroatoms. The Labute approximate surface area is 157 Å². The van der Waals surface area contributed by atoms with E-state index in [1.807, 2.05) is 0 Å². The zero-order valence-electron chi connectivity index (χ0n) is 14.9. The minimum absolute atomic E-state index is 0.0670. The van der Waals surface area contributed by atoms with Crippen LogP contribution in [0.3, 0.4) is 0 Å². The van der Waals surface area contributed by atoms with Gasteiger partial charge in [0.15, 0.2) is 5.78 Å². The summed E-state index contributed by atoms with van der Waals surface area (Å²) in [6.07, 6.45) is 0. The molecule has 28 heavy (non-hydrogen) atoms. The van der Waals surface area contributed by atoms with Crippen molar-refractivity contribution >= 4 is 17.7 Å². The maximum Gasteiger partial charge on any atom is 0.325 e. The minimum Gasteiger partial charge on any atom is -0.496 e. The van der Waals surface area contributed by atoms with E-state index in [0.717, 1.165) is 30.3 Å². The highest BCUT2D eigenvalue weighted by molar-refractivity contribution is 6.11. The number of carbonyl (C=O) groups excluding carboxylic acids is 3. The first-order valence-electron chi connectivity index (χ1n) is 8.13. The van der Waals surface area contributed by atoms with Gasteiger partial charge in [-0.25, -0.2) is 18.0 Å². The third-order valence-electron chi connectivity index (χ3n) is 4.51. The Hall–Kier alpha value is -3.36. The molecule has 3 amide bonds. The molecule has 2 aromatic carbocycles. The highest BCUT2D eigenvalue weighted by Crippen LogP contribution is 2.31. The van der Waals surface area contributed by atoms with Gasteiger partial charge in [-0.15, -0.1) is 0 Å². The molecule has 0 aliphatic carbocycles. The molecule has 2 aromatic rings. The molecule has 1 heterocycles. The number of nitrogens with zero attached hydrogens (tertiary/aromatic N) is 1. The lowest BCUT2D eigenvalue weighted by Gasteiger charge is -2.22. The number of hydrogen-bond donors (Lipinski definition) is 1. The molecule has 0 unspecified atom stereocenters. The number of urea groups is 1. The normalized spacial score (nSPS) is 19.0. The molecule has 0 saturated carbocycles. The van der Waals surface area contributed by atoms with Crippen LogP contribution in [-0.2, 0) is 10.3 Å². The largest absolute Gasteiger partial charge is 0.496 e. The Balaban J connectivity index is 1.92. The molecule has 6 nitrogen and oxygen atoms in total. The number of halogens is 3. The zero-order chi connectivity index (χ0) is 20.6. The molecule has 0 aromatic heterocycles. The van der Waals surface area contributed by atoms with E-state index in [4.69, 9.17) is 4.74 Å². The summed E-state index contributed by atoms with van der Waals surface area (Å²) in [5.74, 6) is -4.02. The molecule has 1 saturated heterocycles. The second-order valence-electron chi connectivity index (χ2n) is 6.34. The number of imide groups is 1. The van der Waals surface area contributed by atoms with Crippen LogP contribution in [0.2, 0.25) is 0 Å². The van der Waals surface area contributed by atoms with E-state index in [0.29, 0.717) is 4.90 Å². The number of carbonyl (C=O) groups is 3. The van der Waals surface area contributed by atoms with Crippen LogP contribution in [0.4, 0.5) is 18.0 Å². The Kier molecular flexibility index (Phi) is 4.84. The highest BCUT2D eigenvalue weighted by Gasteiger charge is 2.51. The van der Waals surface area contributed by atoms with E-state index < -0.39 is 47.3 Å². The molecular formula is C19H15F3N2O4. The van der Waals surface area contributed by atoms with Crippen molar-refractivity contribution in [1.82, 2.24) is 10.2 Å². The Morgan fingerprint density at radius 1 is 1.11 bits per heavy atom. The molecule has 1 atom stereocenters. The summed E-state index contributed by atoms with van der Waals surface area (Å²) in [4.78, 5) is 38.2. The van der Waals surface area contributed by atoms with Gasteiger partial charge >= 0.3 is 6.03 Å². The van der Waals surface area contributed by atoms with E-state index in [2.05, 4.69) is 5.32 Å². The monoisotopic (exact) mass is 392 g/mol. The van der Waals surface area contributed by atoms with Crippen LogP contribution in [0.5, 0.6) is 5.75 Å². The SMILES string of the molecule is COc1ccc(F)cc1C(=O)CN1C(=O)N[C@@](C)(c2cc(F)ccc2F)C1=O. The van der Waals surface area contributed by atoms with Gasteiger partial charge < -0.3 is 10.1 Å². The summed E-state index contributed by atoms with van der Waals surface area (Å²) in [7, 11) is 1.28. The third kappa shape index (κ3) is 3.19. The first-order valence-corrected chi connectivity index (χ1v) is 8.13. The Morgan fingerprint density at radius 2 is 1.75 bits per heavy atom. The fraction of sp³-hybridized carbons (Fsp3) is 0.211. The predicted octanol–water partition coefficient (Wildman–Crippen LogP) is 2.76. The van der Waals surface area contributed by atoms with Crippen molar-refractivity contribution < 1.29 is 32.3 Å². The minimum atomic E-state index is -1.89. The van der Waals surface area contributed by atoms with Crippen LogP contribution in [0, 0.1) is 17.5 Å². The van der Waals surface area contributed by atoms with Gasteiger partial charge in [0.1, 0.15) is 28.7 Å². The van der Waals surface area contributed by atoms with Crippen molar-refractivity contribution in [3.8, 4) is 5.75 Å². The third-order valence-corrected chi connectivity index (χ3v) is 4.51. The van der Waals surface area contributed by atoms with Crippen molar-refractivity contribution in [2.75, 3.05) is 13.7 Å². The second kappa shape index (κ2) is 6.99. The number of rotatable bonds is 5. The zero-order valence-corrected chi connectivity index (χ0v) is 14.9. The lowest BCUT2D eigenvalue weighted by Crippen LogP contribution is -2.42. The topological polar surface area (TPSA) is 75.7 Å². The molecule has 1 aliphatic rings. The standard InChI is InChI=1S/C19H15F3N2O4/c1-19(13-8-11(21)3-5-14(13)22)17(26)24(18(27)23-19)9-15(25)12-7-10(20)4-6-16(12)28-2/h3-8H,9H2,1-2H3,(H,23,27)/t19-/m0/s1. The van der Waals surface area contributed by atoms with Gasteiger partial charge in [0, 0.05) is 5.56 Å². The number of benzene rings is 2. The van der Waals surface area contributed by atoms with Crippen molar-refractivity contribution in [2.45, 2.75) is 12.5 Å². The predicted molar refractivity (Wildman–Crippen MR) is 91.2 cm³/mol. The maximum atomic E-state index is 14.2. The maximum absolute atomic E-state index is 14.2. The summed E-state index contributed by atoms with van der Waals surface area (Å²) < 4.78 is 46.2. The molecule has 1 aliphatic heterocycles. The lowest BCUT2D eigenvalue weighted by molar-refractivity contribution is -0.130. The molecule has 1 fully saturated rings. The average molecular weight is 392 g/mol. The molecule has 0 radical (unpaired) electrons. The summed E-state index contributed by atoms with van der Waals surface area (Å²) in [5.41, 5.74) is -2.42. The number of ketones is 1. The number of ether oxygens (including phenoxy) is 1. The van der Waals surface area contributed by atoms with Crippen molar-refractivity contribution in [3.05, 3.63) is 65.0 Å². The smallest absolute Gasteiger partial charge is 0.325 e. The van der Waals surface area contributed by atoms with Crippen LogP contribution in [0.1, 0.15) is 22.8 Å². The van der Waals surface area contributed by atoms with Gasteiger partial charge in [-0.1, -0.05) is 0 Å². The number of Topliss-reactive ketones (excluding diaryl/α,β-unsaturated/α-hetero) is 1. The van der Waals surface area contributed by atoms with E-state index in [1.165, 1.54) is 20.1 Å². The Bertz CT molecular complexity index is 995. The van der Waals surface area contributed by atoms with E-state index in [-0.39, 0.29) is 16.9 Å². The van der Waals surface area contributed by atoms with Crippen LogP contribution in [-0.4, -0.2) is 36.3 Å². The van der Waals surface area contributed by atoms with E-state index in [9.17, 15) is 27.6 Å². The Morgan fingerprint density at radius 3 is 2.43 bits per heavy atom. The lowest BCUT2D eigenvalue weighted by atomic mass is 9.91. The molecule has 1 N–H and O–H groups in total. The number of methoxy groups -OCH3 is 1. The van der Waals surface area contributed by atoms with Gasteiger partial charge in [-0.3, -0.25) is 14.5 Å². The fourth-order valence-corrected chi connectivity index (χ4v) is 3.03. The summed E-state index contributed by atoms with van der Waals surface area (Å²) in [6, 6.07) is 4.80. The van der Waals surface area contributed by atoms with Crippen LogP contribution in [0.15, 0.2) is 36.4 Å². The van der Waals surface area contributed by atoms with Gasteiger partial charge in [-0.05, 0) is 43.3 Å². The molecule has 3 rings (SSSR count). The summed E-state index contributed by atoms with van der Waals surface area (Å²) in [6.45, 7) is 0.481. The average Bonchev–Trinajstić information content (AvgIpc) is 2.87. The quantitative estimate of drug-likeness (QED) is 0.627. The van der Waals surface area contributed by atoms with Crippen molar-refractivity contribution in [1.29, 1.82) is 0 Å². The molecular weight excluding hydrogens is 377 g/mol. The van der Waals surface area contributed by atoms with Gasteiger partial charge in [-0.2, -0.15) is 0 Å². The van der Waals surface area contributed by atoms with Crippen molar-refractivity contribution in [3.63, 3.8) is 0 Å². The van der Waals surface area contributed by atoms with Crippen LogP contribution in [0.25, 0.3) is 0 Å². The molecule has 0 spiro atoms. The van der Waals surface area contributed by atoms with Gasteiger partial charge in [0.05, 0.1) is 19.2 Å². The molecule has 0 bridgehead atoms. The first-order chi connectivity index (χ1) is 13.2.